The number of aryl methyl sites for hydroxylation is 1. The third kappa shape index (κ3) is 6.74. The SMILES string of the molecule is Cc1ccc(C(=O)NCC(=O)NCC(=O)OCC(=O)c2ccccc2)cc1. The summed E-state index contributed by atoms with van der Waals surface area (Å²) < 4.78 is 4.82. The number of esters is 1. The average Bonchev–Trinajstić information content (AvgIpc) is 2.69. The summed E-state index contributed by atoms with van der Waals surface area (Å²) in [5.41, 5.74) is 1.90. The maximum Gasteiger partial charge on any atom is 0.325 e. The van der Waals surface area contributed by atoms with Crippen molar-refractivity contribution in [3.63, 3.8) is 0 Å². The molecule has 0 saturated heterocycles. The zero-order valence-corrected chi connectivity index (χ0v) is 14.9. The van der Waals surface area contributed by atoms with Gasteiger partial charge in [-0.25, -0.2) is 0 Å². The van der Waals surface area contributed by atoms with Crippen LogP contribution in [0.4, 0.5) is 0 Å². The molecule has 7 heteroatoms. The Kier molecular flexibility index (Phi) is 7.25. The van der Waals surface area contributed by atoms with Crippen molar-refractivity contribution in [2.24, 2.45) is 0 Å². The third-order valence-corrected chi connectivity index (χ3v) is 3.61. The Bertz CT molecular complexity index is 816. The highest BCUT2D eigenvalue weighted by Crippen LogP contribution is 2.02. The van der Waals surface area contributed by atoms with Crippen LogP contribution in [0.5, 0.6) is 0 Å². The first-order valence-electron chi connectivity index (χ1n) is 8.31. The van der Waals surface area contributed by atoms with Gasteiger partial charge in [-0.1, -0.05) is 48.0 Å². The minimum Gasteiger partial charge on any atom is -0.456 e. The van der Waals surface area contributed by atoms with Crippen molar-refractivity contribution in [1.82, 2.24) is 10.6 Å². The van der Waals surface area contributed by atoms with E-state index in [2.05, 4.69) is 10.6 Å². The second kappa shape index (κ2) is 9.86. The van der Waals surface area contributed by atoms with E-state index in [4.69, 9.17) is 4.74 Å². The summed E-state index contributed by atoms with van der Waals surface area (Å²) in [4.78, 5) is 47.0. The van der Waals surface area contributed by atoms with Crippen LogP contribution in [-0.2, 0) is 14.3 Å². The second-order valence-corrected chi connectivity index (χ2v) is 5.78. The summed E-state index contributed by atoms with van der Waals surface area (Å²) in [5, 5.41) is 4.78. The van der Waals surface area contributed by atoms with Gasteiger partial charge in [-0.15, -0.1) is 0 Å². The van der Waals surface area contributed by atoms with Gasteiger partial charge in [0.2, 0.25) is 5.91 Å². The number of hydrogen-bond acceptors (Lipinski definition) is 5. The van der Waals surface area contributed by atoms with Gasteiger partial charge in [-0.3, -0.25) is 19.2 Å². The number of rotatable bonds is 8. The summed E-state index contributed by atoms with van der Waals surface area (Å²) in [6.07, 6.45) is 0. The van der Waals surface area contributed by atoms with E-state index in [1.807, 2.05) is 6.92 Å². The van der Waals surface area contributed by atoms with Crippen LogP contribution in [0, 0.1) is 6.92 Å². The number of nitrogens with one attached hydrogen (secondary N) is 2. The van der Waals surface area contributed by atoms with Gasteiger partial charge >= 0.3 is 5.97 Å². The van der Waals surface area contributed by atoms with Gasteiger partial charge in [0.1, 0.15) is 6.54 Å². The van der Waals surface area contributed by atoms with Gasteiger partial charge < -0.3 is 15.4 Å². The molecule has 0 fully saturated rings. The molecule has 0 heterocycles. The highest BCUT2D eigenvalue weighted by atomic mass is 16.5. The van der Waals surface area contributed by atoms with Crippen LogP contribution in [0.1, 0.15) is 26.3 Å². The summed E-state index contributed by atoms with van der Waals surface area (Å²) in [5.74, 6) is -2.00. The van der Waals surface area contributed by atoms with Crippen LogP contribution in [-0.4, -0.2) is 43.3 Å². The second-order valence-electron chi connectivity index (χ2n) is 5.78. The molecular weight excluding hydrogens is 348 g/mol. The first kappa shape index (κ1) is 19.8. The van der Waals surface area contributed by atoms with Crippen LogP contribution >= 0.6 is 0 Å². The molecule has 7 nitrogen and oxygen atoms in total. The number of hydrogen-bond donors (Lipinski definition) is 2. The van der Waals surface area contributed by atoms with Crippen molar-refractivity contribution in [2.75, 3.05) is 19.7 Å². The molecule has 0 radical (unpaired) electrons. The Labute approximate surface area is 156 Å². The fourth-order valence-electron chi connectivity index (χ4n) is 2.11. The average molecular weight is 368 g/mol. The zero-order valence-electron chi connectivity index (χ0n) is 14.9. The summed E-state index contributed by atoms with van der Waals surface area (Å²) in [6, 6.07) is 15.3. The molecule has 0 spiro atoms. The van der Waals surface area contributed by atoms with E-state index in [0.717, 1.165) is 5.56 Å². The Morgan fingerprint density at radius 1 is 0.815 bits per heavy atom. The molecule has 0 aliphatic rings. The molecule has 0 aliphatic heterocycles. The van der Waals surface area contributed by atoms with Crippen molar-refractivity contribution >= 4 is 23.6 Å². The lowest BCUT2D eigenvalue weighted by atomic mass is 10.1. The van der Waals surface area contributed by atoms with E-state index < -0.39 is 18.5 Å². The van der Waals surface area contributed by atoms with Crippen LogP contribution in [0.15, 0.2) is 54.6 Å². The summed E-state index contributed by atoms with van der Waals surface area (Å²) in [6.45, 7) is 0.842. The highest BCUT2D eigenvalue weighted by molar-refractivity contribution is 5.98. The lowest BCUT2D eigenvalue weighted by molar-refractivity contribution is -0.142. The first-order chi connectivity index (χ1) is 13.0. The number of benzene rings is 2. The van der Waals surface area contributed by atoms with Crippen LogP contribution in [0.2, 0.25) is 0 Å². The van der Waals surface area contributed by atoms with Gasteiger partial charge in [0.15, 0.2) is 12.4 Å². The van der Waals surface area contributed by atoms with E-state index in [1.54, 1.807) is 54.6 Å². The van der Waals surface area contributed by atoms with E-state index in [0.29, 0.717) is 11.1 Å². The number of carbonyl (C=O) groups is 4. The molecular formula is C20H20N2O5. The fraction of sp³-hybridized carbons (Fsp3) is 0.200. The van der Waals surface area contributed by atoms with Crippen LogP contribution in [0.25, 0.3) is 0 Å². The lowest BCUT2D eigenvalue weighted by Gasteiger charge is -2.08. The molecule has 0 saturated carbocycles. The molecule has 0 unspecified atom stereocenters. The van der Waals surface area contributed by atoms with E-state index >= 15 is 0 Å². The lowest BCUT2D eigenvalue weighted by Crippen LogP contribution is -2.39. The molecule has 2 aromatic carbocycles. The molecule has 2 N–H and O–H groups in total. The molecule has 0 bridgehead atoms. The smallest absolute Gasteiger partial charge is 0.325 e. The van der Waals surface area contributed by atoms with E-state index in [9.17, 15) is 19.2 Å². The quantitative estimate of drug-likeness (QED) is 0.540. The van der Waals surface area contributed by atoms with Crippen molar-refractivity contribution in [3.8, 4) is 0 Å². The normalized spacial score (nSPS) is 9.96. The minimum atomic E-state index is -0.738. The number of ketones is 1. The monoisotopic (exact) mass is 368 g/mol. The molecule has 140 valence electrons. The molecule has 2 aromatic rings. The van der Waals surface area contributed by atoms with Gasteiger partial charge in [0, 0.05) is 11.1 Å². The number of amides is 2. The predicted molar refractivity (Wildman–Crippen MR) is 98.3 cm³/mol. The zero-order chi connectivity index (χ0) is 19.6. The Morgan fingerprint density at radius 2 is 1.48 bits per heavy atom. The van der Waals surface area contributed by atoms with Gasteiger partial charge in [-0.05, 0) is 19.1 Å². The minimum absolute atomic E-state index is 0.275. The van der Waals surface area contributed by atoms with E-state index in [-0.39, 0.29) is 24.8 Å². The van der Waals surface area contributed by atoms with E-state index in [1.165, 1.54) is 0 Å². The Balaban J connectivity index is 1.66. The van der Waals surface area contributed by atoms with Crippen molar-refractivity contribution in [1.29, 1.82) is 0 Å². The van der Waals surface area contributed by atoms with Crippen LogP contribution in [0.3, 0.4) is 0 Å². The number of Topliss-reactive ketones (excluding diaryl/α,β-unsaturated/α-hetero) is 1. The maximum atomic E-state index is 11.9. The Hall–Kier alpha value is -3.48. The summed E-state index contributed by atoms with van der Waals surface area (Å²) >= 11 is 0. The highest BCUT2D eigenvalue weighted by Gasteiger charge is 2.12. The predicted octanol–water partition coefficient (Wildman–Crippen LogP) is 1.27. The first-order valence-corrected chi connectivity index (χ1v) is 8.31. The van der Waals surface area contributed by atoms with Gasteiger partial charge in [0.05, 0.1) is 6.54 Å². The molecule has 2 rings (SSSR count). The molecule has 0 atom stereocenters. The Morgan fingerprint density at radius 3 is 2.15 bits per heavy atom. The fourth-order valence-corrected chi connectivity index (χ4v) is 2.11. The van der Waals surface area contributed by atoms with Crippen molar-refractivity contribution < 1.29 is 23.9 Å². The number of ether oxygens (including phenoxy) is 1. The molecule has 0 aromatic heterocycles. The van der Waals surface area contributed by atoms with Crippen molar-refractivity contribution in [3.05, 3.63) is 71.3 Å². The topological polar surface area (TPSA) is 102 Å². The summed E-state index contributed by atoms with van der Waals surface area (Å²) in [7, 11) is 0. The third-order valence-electron chi connectivity index (χ3n) is 3.61. The number of carbonyl (C=O) groups excluding carboxylic acids is 4. The standard InChI is InChI=1S/C20H20N2O5/c1-14-7-9-16(10-8-14)20(26)22-11-18(24)21-12-19(25)27-13-17(23)15-5-3-2-4-6-15/h2-10H,11-13H2,1H3,(H,21,24)(H,22,26). The van der Waals surface area contributed by atoms with Gasteiger partial charge in [-0.2, -0.15) is 0 Å². The van der Waals surface area contributed by atoms with Gasteiger partial charge in [0.25, 0.3) is 5.91 Å². The molecule has 27 heavy (non-hydrogen) atoms. The molecule has 2 amide bonds. The van der Waals surface area contributed by atoms with Crippen molar-refractivity contribution in [2.45, 2.75) is 6.92 Å². The molecule has 0 aliphatic carbocycles. The largest absolute Gasteiger partial charge is 0.456 e. The van der Waals surface area contributed by atoms with Crippen LogP contribution < -0.4 is 10.6 Å². The maximum absolute atomic E-state index is 11.9.